The van der Waals surface area contributed by atoms with Crippen LogP contribution in [0.2, 0.25) is 19.6 Å². The van der Waals surface area contributed by atoms with E-state index in [2.05, 4.69) is 99.2 Å². The van der Waals surface area contributed by atoms with E-state index >= 15 is 0 Å². The van der Waals surface area contributed by atoms with Crippen LogP contribution >= 0.6 is 0 Å². The molecule has 0 aliphatic heterocycles. The van der Waals surface area contributed by atoms with Crippen LogP contribution in [0.15, 0.2) is 89.7 Å². The SMILES string of the molecule is CC(C)(C)Cc1cc(-c2[c-]cccc2)ncc1[Si](C)(C)C.[Ir].[c-]1ncc2c(oc3ccccc32)c1-c1cc(CC2CCCCC2)ccn1. The van der Waals surface area contributed by atoms with Gasteiger partial charge in [-0.2, -0.15) is 0 Å². The summed E-state index contributed by atoms with van der Waals surface area (Å²) >= 11 is 0. The van der Waals surface area contributed by atoms with Gasteiger partial charge in [-0.15, -0.1) is 35.9 Å². The van der Waals surface area contributed by atoms with Crippen molar-refractivity contribution >= 4 is 35.2 Å². The average Bonchev–Trinajstić information content (AvgIpc) is 3.44. The molecule has 1 radical (unpaired) electrons. The zero-order valence-electron chi connectivity index (χ0n) is 29.2. The summed E-state index contributed by atoms with van der Waals surface area (Å²) in [4.78, 5) is 13.6. The van der Waals surface area contributed by atoms with Crippen molar-refractivity contribution in [3.63, 3.8) is 0 Å². The summed E-state index contributed by atoms with van der Waals surface area (Å²) in [5.41, 5.74) is 8.67. The molecular weight excluding hydrogens is 783 g/mol. The van der Waals surface area contributed by atoms with Crippen molar-refractivity contribution in [3.8, 4) is 22.5 Å². The van der Waals surface area contributed by atoms with Gasteiger partial charge in [0.2, 0.25) is 0 Å². The van der Waals surface area contributed by atoms with Crippen molar-refractivity contribution in [3.05, 3.63) is 109 Å². The van der Waals surface area contributed by atoms with Gasteiger partial charge in [0, 0.05) is 37.9 Å². The minimum absolute atomic E-state index is 0. The molecule has 6 aromatic rings. The number of hydrogen-bond donors (Lipinski definition) is 0. The van der Waals surface area contributed by atoms with Gasteiger partial charge in [-0.25, -0.2) is 0 Å². The van der Waals surface area contributed by atoms with E-state index in [1.807, 2.05) is 48.8 Å². The molecule has 1 aliphatic carbocycles. The van der Waals surface area contributed by atoms with Gasteiger partial charge in [0.1, 0.15) is 5.58 Å². The van der Waals surface area contributed by atoms with Crippen LogP contribution in [0.3, 0.4) is 0 Å². The molecule has 0 amide bonds. The van der Waals surface area contributed by atoms with Gasteiger partial charge < -0.3 is 19.4 Å². The summed E-state index contributed by atoms with van der Waals surface area (Å²) in [5, 5.41) is 3.59. The molecule has 4 aromatic heterocycles. The van der Waals surface area contributed by atoms with E-state index in [1.54, 1.807) is 0 Å². The van der Waals surface area contributed by atoms with Crippen LogP contribution in [0.1, 0.15) is 64.0 Å². The monoisotopic (exact) mass is 830 g/mol. The van der Waals surface area contributed by atoms with Crippen molar-refractivity contribution in [2.75, 3.05) is 0 Å². The Balaban J connectivity index is 0.000000189. The first kappa shape index (κ1) is 35.9. The number of fused-ring (bicyclic) bond motifs is 3. The molecule has 4 heterocycles. The van der Waals surface area contributed by atoms with Crippen LogP contribution in [-0.2, 0) is 32.9 Å². The van der Waals surface area contributed by atoms with Gasteiger partial charge in [0.25, 0.3) is 0 Å². The summed E-state index contributed by atoms with van der Waals surface area (Å²) in [6.45, 7) is 14.1. The topological polar surface area (TPSA) is 51.8 Å². The molecule has 48 heavy (non-hydrogen) atoms. The van der Waals surface area contributed by atoms with E-state index < -0.39 is 8.07 Å². The maximum absolute atomic E-state index is 6.12. The number of hydrogen-bond acceptors (Lipinski definition) is 4. The molecular formula is C42H47IrN3OSi-2. The summed E-state index contributed by atoms with van der Waals surface area (Å²) < 4.78 is 6.12. The molecule has 1 aliphatic rings. The fraction of sp³-hybridized carbons (Fsp3) is 0.357. The van der Waals surface area contributed by atoms with Crippen molar-refractivity contribution in [1.82, 2.24) is 15.0 Å². The molecule has 0 N–H and O–H groups in total. The van der Waals surface area contributed by atoms with Crippen LogP contribution in [-0.4, -0.2) is 23.0 Å². The smallest absolute Gasteiger partial charge is 0.121 e. The summed E-state index contributed by atoms with van der Waals surface area (Å²) in [7, 11) is -1.37. The number of furan rings is 1. The Hall–Kier alpha value is -3.44. The first-order valence-corrected chi connectivity index (χ1v) is 20.6. The normalized spacial score (nSPS) is 14.0. The third-order valence-corrected chi connectivity index (χ3v) is 11.1. The van der Waals surface area contributed by atoms with Crippen LogP contribution in [0.5, 0.6) is 0 Å². The third kappa shape index (κ3) is 8.77. The Morgan fingerprint density at radius 1 is 0.854 bits per heavy atom. The molecule has 2 aromatic carbocycles. The standard InChI is InChI=1S/C23H21N2O.C19H26NSi.Ir/c1-2-6-16(7-3-1)12-17-10-11-25-21(13-17)20-15-24-14-19-18-8-4-5-9-22(18)26-23(19)20;1-19(2,3)13-16-12-17(15-10-8-7-9-11-15)20-14-18(16)21(4,5)6;/h4-5,8-11,13-14,16H,1-3,6-7,12H2;7-10,12,14H,13H2,1-6H3;/q2*-1;. The number of rotatable bonds is 6. The molecule has 1 fully saturated rings. The average molecular weight is 830 g/mol. The third-order valence-electron chi connectivity index (χ3n) is 9.06. The van der Waals surface area contributed by atoms with E-state index in [0.717, 1.165) is 63.2 Å². The number of aromatic nitrogens is 3. The number of benzene rings is 2. The summed E-state index contributed by atoms with van der Waals surface area (Å²) in [6.07, 6.45) is 18.0. The first-order valence-electron chi connectivity index (χ1n) is 17.1. The minimum atomic E-state index is -1.37. The van der Waals surface area contributed by atoms with Crippen molar-refractivity contribution in [2.45, 2.75) is 85.4 Å². The number of para-hydroxylation sites is 1. The predicted molar refractivity (Wildman–Crippen MR) is 199 cm³/mol. The van der Waals surface area contributed by atoms with E-state index in [9.17, 15) is 0 Å². The zero-order valence-corrected chi connectivity index (χ0v) is 32.6. The molecule has 0 bridgehead atoms. The Kier molecular flexibility index (Phi) is 11.5. The molecule has 0 unspecified atom stereocenters. The Morgan fingerprint density at radius 2 is 1.62 bits per heavy atom. The maximum atomic E-state index is 6.12. The summed E-state index contributed by atoms with van der Waals surface area (Å²) in [5.74, 6) is 0.808. The first-order chi connectivity index (χ1) is 22.5. The van der Waals surface area contributed by atoms with E-state index in [-0.39, 0.29) is 25.5 Å². The van der Waals surface area contributed by atoms with E-state index in [1.165, 1.54) is 48.4 Å². The van der Waals surface area contributed by atoms with Gasteiger partial charge in [0.05, 0.1) is 13.7 Å². The van der Waals surface area contributed by atoms with E-state index in [4.69, 9.17) is 9.40 Å². The Bertz CT molecular complexity index is 1950. The Labute approximate surface area is 301 Å². The molecule has 7 rings (SSSR count). The van der Waals surface area contributed by atoms with Crippen LogP contribution < -0.4 is 5.19 Å². The second-order valence-electron chi connectivity index (χ2n) is 15.3. The molecule has 0 atom stereocenters. The fourth-order valence-electron chi connectivity index (χ4n) is 6.82. The second-order valence-corrected chi connectivity index (χ2v) is 20.4. The largest absolute Gasteiger partial charge is 0.500 e. The van der Waals surface area contributed by atoms with Gasteiger partial charge in [-0.05, 0) is 70.7 Å². The van der Waals surface area contributed by atoms with Crippen LogP contribution in [0.25, 0.3) is 44.5 Å². The van der Waals surface area contributed by atoms with Crippen LogP contribution in [0.4, 0.5) is 0 Å². The molecule has 4 nitrogen and oxygen atoms in total. The molecule has 6 heteroatoms. The summed E-state index contributed by atoms with van der Waals surface area (Å²) in [6, 6.07) is 26.0. The Morgan fingerprint density at radius 3 is 2.35 bits per heavy atom. The second kappa shape index (κ2) is 15.4. The minimum Gasteiger partial charge on any atom is -0.500 e. The van der Waals surface area contributed by atoms with Gasteiger partial charge >= 0.3 is 0 Å². The van der Waals surface area contributed by atoms with Crippen molar-refractivity contribution in [2.24, 2.45) is 11.3 Å². The van der Waals surface area contributed by atoms with Crippen LogP contribution in [0, 0.1) is 23.6 Å². The molecule has 251 valence electrons. The number of pyridine rings is 3. The van der Waals surface area contributed by atoms with Gasteiger partial charge in [-0.1, -0.05) is 120 Å². The van der Waals surface area contributed by atoms with Crippen molar-refractivity contribution < 1.29 is 24.5 Å². The van der Waals surface area contributed by atoms with Gasteiger partial charge in [0.15, 0.2) is 0 Å². The maximum Gasteiger partial charge on any atom is 0.121 e. The van der Waals surface area contributed by atoms with Crippen molar-refractivity contribution in [1.29, 1.82) is 0 Å². The molecule has 0 saturated heterocycles. The number of nitrogens with zero attached hydrogens (tertiary/aromatic N) is 3. The van der Waals surface area contributed by atoms with E-state index in [0.29, 0.717) is 0 Å². The zero-order chi connectivity index (χ0) is 33.0. The quantitative estimate of drug-likeness (QED) is 0.124. The predicted octanol–water partition coefficient (Wildman–Crippen LogP) is 10.6. The molecule has 0 spiro atoms. The van der Waals surface area contributed by atoms with Gasteiger partial charge in [-0.3, -0.25) is 0 Å². The fourth-order valence-corrected chi connectivity index (χ4v) is 8.39. The molecule has 1 saturated carbocycles.